The van der Waals surface area contributed by atoms with Gasteiger partial charge in [0.05, 0.1) is 5.25 Å². The first-order valence-corrected chi connectivity index (χ1v) is 2.87. The van der Waals surface area contributed by atoms with Gasteiger partial charge in [0.25, 0.3) is 0 Å². The smallest absolute Gasteiger partial charge is 0.316 e. The topological polar surface area (TPSA) is 37.3 Å². The van der Waals surface area contributed by atoms with E-state index in [0.717, 1.165) is 11.8 Å². The second-order valence-corrected chi connectivity index (χ2v) is 2.19. The molecule has 41 valence electrons. The minimum Gasteiger partial charge on any atom is -0.480 e. The van der Waals surface area contributed by atoms with Crippen LogP contribution in [-0.4, -0.2) is 16.3 Å². The molecular formula is C4H7O2S. The first kappa shape index (κ1) is 6.82. The molecule has 3 heteroatoms. The quantitative estimate of drug-likeness (QED) is 0.588. The fourth-order valence-electron chi connectivity index (χ4n) is 0.0713. The third-order valence-corrected chi connectivity index (χ3v) is 1.30. The molecule has 2 nitrogen and oxygen atoms in total. The molecule has 1 radical (unpaired) electrons. The van der Waals surface area contributed by atoms with Crippen molar-refractivity contribution in [3.05, 3.63) is 6.26 Å². The summed E-state index contributed by atoms with van der Waals surface area (Å²) in [5.74, 6) is -0.806. The Bertz CT molecular complexity index is 72.1. The molecular weight excluding hydrogens is 112 g/mol. The highest BCUT2D eigenvalue weighted by molar-refractivity contribution is 8.01. The van der Waals surface area contributed by atoms with E-state index >= 15 is 0 Å². The van der Waals surface area contributed by atoms with Crippen molar-refractivity contribution in [2.24, 2.45) is 0 Å². The molecule has 1 unspecified atom stereocenters. The van der Waals surface area contributed by atoms with Crippen LogP contribution in [0.1, 0.15) is 6.92 Å². The summed E-state index contributed by atoms with van der Waals surface area (Å²) >= 11 is 1.08. The number of carbonyl (C=O) groups is 1. The zero-order valence-corrected chi connectivity index (χ0v) is 4.86. The molecule has 0 aromatic heterocycles. The van der Waals surface area contributed by atoms with Crippen molar-refractivity contribution in [1.82, 2.24) is 0 Å². The molecule has 0 aliphatic carbocycles. The van der Waals surface area contributed by atoms with Gasteiger partial charge in [0.2, 0.25) is 0 Å². The van der Waals surface area contributed by atoms with E-state index in [9.17, 15) is 4.79 Å². The highest BCUT2D eigenvalue weighted by atomic mass is 32.2. The van der Waals surface area contributed by atoms with Crippen LogP contribution in [0.4, 0.5) is 0 Å². The van der Waals surface area contributed by atoms with E-state index < -0.39 is 5.97 Å². The minimum atomic E-state index is -0.806. The predicted molar refractivity (Wildman–Crippen MR) is 30.0 cm³/mol. The fraction of sp³-hybridized carbons (Fsp3) is 0.500. The Morgan fingerprint density at radius 3 is 2.43 bits per heavy atom. The number of thioether (sulfide) groups is 1. The lowest BCUT2D eigenvalue weighted by molar-refractivity contribution is -0.136. The van der Waals surface area contributed by atoms with E-state index in [1.165, 1.54) is 0 Å². The summed E-state index contributed by atoms with van der Waals surface area (Å²) in [5, 5.41) is 7.75. The number of hydrogen-bond donors (Lipinski definition) is 1. The fourth-order valence-corrected chi connectivity index (χ4v) is 0.214. The highest BCUT2D eigenvalue weighted by Gasteiger charge is 2.05. The van der Waals surface area contributed by atoms with Crippen LogP contribution < -0.4 is 0 Å². The molecule has 1 atom stereocenters. The summed E-state index contributed by atoms with van der Waals surface area (Å²) in [7, 11) is 0. The molecule has 0 aromatic carbocycles. The Morgan fingerprint density at radius 1 is 2.00 bits per heavy atom. The molecule has 0 fully saturated rings. The maximum atomic E-state index is 9.87. The molecule has 0 bridgehead atoms. The number of carboxylic acid groups (broad SMARTS) is 1. The van der Waals surface area contributed by atoms with Gasteiger partial charge >= 0.3 is 5.97 Å². The first-order chi connectivity index (χ1) is 3.18. The lowest BCUT2D eigenvalue weighted by atomic mass is 10.5. The van der Waals surface area contributed by atoms with Crippen LogP contribution in [0.25, 0.3) is 0 Å². The van der Waals surface area contributed by atoms with Crippen LogP contribution in [0.3, 0.4) is 0 Å². The van der Waals surface area contributed by atoms with E-state index in [1.807, 2.05) is 0 Å². The van der Waals surface area contributed by atoms with Crippen molar-refractivity contribution in [3.8, 4) is 0 Å². The maximum Gasteiger partial charge on any atom is 0.316 e. The summed E-state index contributed by atoms with van der Waals surface area (Å²) in [6, 6.07) is 0. The molecule has 0 spiro atoms. The van der Waals surface area contributed by atoms with Gasteiger partial charge in [0.15, 0.2) is 0 Å². The normalized spacial score (nSPS) is 13.4. The number of rotatable bonds is 2. The van der Waals surface area contributed by atoms with Gasteiger partial charge < -0.3 is 5.11 Å². The van der Waals surface area contributed by atoms with E-state index in [1.54, 1.807) is 6.92 Å². The van der Waals surface area contributed by atoms with E-state index in [4.69, 9.17) is 5.11 Å². The first-order valence-electron chi connectivity index (χ1n) is 1.82. The lowest BCUT2D eigenvalue weighted by Gasteiger charge is -1.96. The van der Waals surface area contributed by atoms with Gasteiger partial charge in [0, 0.05) is 6.26 Å². The van der Waals surface area contributed by atoms with E-state index in [2.05, 4.69) is 6.26 Å². The van der Waals surface area contributed by atoms with Crippen LogP contribution in [0.15, 0.2) is 0 Å². The van der Waals surface area contributed by atoms with Crippen molar-refractivity contribution in [1.29, 1.82) is 0 Å². The highest BCUT2D eigenvalue weighted by Crippen LogP contribution is 2.05. The average Bonchev–Trinajstić information content (AvgIpc) is 1.65. The largest absolute Gasteiger partial charge is 0.480 e. The molecule has 0 saturated carbocycles. The second kappa shape index (κ2) is 2.91. The van der Waals surface area contributed by atoms with Gasteiger partial charge in [-0.3, -0.25) is 4.79 Å². The average molecular weight is 119 g/mol. The Balaban J connectivity index is 3.34. The third-order valence-electron chi connectivity index (χ3n) is 0.598. The zero-order chi connectivity index (χ0) is 5.86. The van der Waals surface area contributed by atoms with Crippen LogP contribution in [0.2, 0.25) is 0 Å². The Labute approximate surface area is 46.9 Å². The minimum absolute atomic E-state index is 0.375. The van der Waals surface area contributed by atoms with Crippen LogP contribution in [0.5, 0.6) is 0 Å². The molecule has 7 heavy (non-hydrogen) atoms. The Hall–Kier alpha value is -0.180. The number of carboxylic acids is 1. The molecule has 0 aliphatic heterocycles. The van der Waals surface area contributed by atoms with E-state index in [-0.39, 0.29) is 5.25 Å². The van der Waals surface area contributed by atoms with Crippen molar-refractivity contribution in [2.75, 3.05) is 0 Å². The monoisotopic (exact) mass is 119 g/mol. The molecule has 1 N–H and O–H groups in total. The molecule has 0 amide bonds. The van der Waals surface area contributed by atoms with Crippen LogP contribution in [-0.2, 0) is 4.79 Å². The summed E-state index contributed by atoms with van der Waals surface area (Å²) in [6.07, 6.45) is 3.34. The van der Waals surface area contributed by atoms with Crippen molar-refractivity contribution in [3.63, 3.8) is 0 Å². The van der Waals surface area contributed by atoms with Gasteiger partial charge in [-0.1, -0.05) is 0 Å². The summed E-state index contributed by atoms with van der Waals surface area (Å²) in [6.45, 7) is 1.60. The van der Waals surface area contributed by atoms with Gasteiger partial charge in [-0.25, -0.2) is 0 Å². The Kier molecular flexibility index (Phi) is 2.83. The lowest BCUT2D eigenvalue weighted by Crippen LogP contribution is -2.09. The maximum absolute atomic E-state index is 9.87. The summed E-state index contributed by atoms with van der Waals surface area (Å²) < 4.78 is 0. The standard InChI is InChI=1S/C4H7O2S/c1-3(7-2)4(5)6/h3H,2H2,1H3,(H,5,6). The van der Waals surface area contributed by atoms with Gasteiger partial charge in [0.1, 0.15) is 0 Å². The Morgan fingerprint density at radius 2 is 2.43 bits per heavy atom. The number of aliphatic carboxylic acids is 1. The predicted octanol–water partition coefficient (Wildman–Crippen LogP) is 0.984. The summed E-state index contributed by atoms with van der Waals surface area (Å²) in [4.78, 5) is 9.87. The number of hydrogen-bond acceptors (Lipinski definition) is 2. The van der Waals surface area contributed by atoms with Gasteiger partial charge in [-0.15, -0.1) is 11.8 Å². The third kappa shape index (κ3) is 2.51. The second-order valence-electron chi connectivity index (χ2n) is 1.15. The molecule has 0 rings (SSSR count). The van der Waals surface area contributed by atoms with Crippen LogP contribution >= 0.6 is 11.8 Å². The SMILES string of the molecule is [CH2]SC(C)C(=O)O. The molecule has 0 heterocycles. The van der Waals surface area contributed by atoms with Gasteiger partial charge in [-0.2, -0.15) is 0 Å². The molecule has 0 aliphatic rings. The van der Waals surface area contributed by atoms with Crippen LogP contribution in [0, 0.1) is 6.26 Å². The van der Waals surface area contributed by atoms with Crippen molar-refractivity contribution < 1.29 is 9.90 Å². The summed E-state index contributed by atoms with van der Waals surface area (Å²) in [5.41, 5.74) is 0. The van der Waals surface area contributed by atoms with Crippen molar-refractivity contribution >= 4 is 17.7 Å². The van der Waals surface area contributed by atoms with Crippen molar-refractivity contribution in [2.45, 2.75) is 12.2 Å². The zero-order valence-electron chi connectivity index (χ0n) is 4.05. The molecule has 0 aromatic rings. The molecule has 0 saturated heterocycles. The van der Waals surface area contributed by atoms with E-state index in [0.29, 0.717) is 0 Å². The van der Waals surface area contributed by atoms with Gasteiger partial charge in [-0.05, 0) is 6.92 Å².